The predicted octanol–water partition coefficient (Wildman–Crippen LogP) is 2.53. The number of H-pyrrole nitrogens is 1. The minimum absolute atomic E-state index is 0.153. The summed E-state index contributed by atoms with van der Waals surface area (Å²) in [7, 11) is 3.49. The van der Waals surface area contributed by atoms with Crippen molar-refractivity contribution in [1.29, 1.82) is 0 Å². The van der Waals surface area contributed by atoms with Crippen LogP contribution in [0, 0.1) is 0 Å². The van der Waals surface area contributed by atoms with E-state index in [0.29, 0.717) is 47.3 Å². The van der Waals surface area contributed by atoms with Gasteiger partial charge in [0.15, 0.2) is 6.61 Å². The summed E-state index contributed by atoms with van der Waals surface area (Å²) in [6, 6.07) is 14.5. The first kappa shape index (κ1) is 19.6. The number of aromatic amines is 1. The number of nitrogens with zero attached hydrogens (tertiary/aromatic N) is 4. The molecule has 154 valence electrons. The summed E-state index contributed by atoms with van der Waals surface area (Å²) in [4.78, 5) is 25.8. The van der Waals surface area contributed by atoms with Crippen molar-refractivity contribution >= 4 is 10.9 Å². The highest BCUT2D eigenvalue weighted by atomic mass is 16.5. The topological polar surface area (TPSA) is 106 Å². The second-order valence-corrected chi connectivity index (χ2v) is 6.77. The SMILES string of the molecule is COc1ccc(OCc2noc(CN(C)Cc3nc4ccccc4c(=O)[nH]3)n2)cc1. The largest absolute Gasteiger partial charge is 0.497 e. The van der Waals surface area contributed by atoms with Crippen molar-refractivity contribution < 1.29 is 14.0 Å². The molecule has 0 spiro atoms. The van der Waals surface area contributed by atoms with E-state index in [1.807, 2.05) is 54.4 Å². The number of fused-ring (bicyclic) bond motifs is 1. The average Bonchev–Trinajstić information content (AvgIpc) is 3.19. The zero-order valence-corrected chi connectivity index (χ0v) is 16.7. The van der Waals surface area contributed by atoms with Gasteiger partial charge in [-0.15, -0.1) is 0 Å². The van der Waals surface area contributed by atoms with E-state index in [1.54, 1.807) is 13.2 Å². The molecule has 0 atom stereocenters. The second kappa shape index (κ2) is 8.75. The maximum absolute atomic E-state index is 12.2. The van der Waals surface area contributed by atoms with Crippen LogP contribution in [0.5, 0.6) is 11.5 Å². The van der Waals surface area contributed by atoms with Crippen LogP contribution >= 0.6 is 0 Å². The van der Waals surface area contributed by atoms with E-state index in [2.05, 4.69) is 20.1 Å². The van der Waals surface area contributed by atoms with Gasteiger partial charge in [0.2, 0.25) is 11.7 Å². The fraction of sp³-hybridized carbons (Fsp3) is 0.238. The Bertz CT molecular complexity index is 1190. The normalized spacial score (nSPS) is 11.2. The molecule has 2 aromatic carbocycles. The molecule has 9 heteroatoms. The minimum atomic E-state index is -0.153. The van der Waals surface area contributed by atoms with Gasteiger partial charge >= 0.3 is 0 Å². The third-order valence-corrected chi connectivity index (χ3v) is 4.42. The third kappa shape index (κ3) is 4.64. The number of para-hydroxylation sites is 1. The molecule has 4 aromatic rings. The van der Waals surface area contributed by atoms with Gasteiger partial charge in [0.1, 0.15) is 17.3 Å². The molecule has 0 saturated carbocycles. The first-order valence-electron chi connectivity index (χ1n) is 9.35. The van der Waals surface area contributed by atoms with Crippen molar-refractivity contribution in [1.82, 2.24) is 25.0 Å². The lowest BCUT2D eigenvalue weighted by atomic mass is 10.2. The molecule has 0 radical (unpaired) electrons. The maximum atomic E-state index is 12.2. The fourth-order valence-electron chi connectivity index (χ4n) is 2.99. The molecule has 30 heavy (non-hydrogen) atoms. The van der Waals surface area contributed by atoms with Crippen LogP contribution in [0.15, 0.2) is 57.8 Å². The highest BCUT2D eigenvalue weighted by molar-refractivity contribution is 5.77. The standard InChI is InChI=1S/C21H21N5O4/c1-26(11-18-22-17-6-4-3-5-16(17)21(27)24-18)12-20-23-19(25-30-20)13-29-15-9-7-14(28-2)8-10-15/h3-10H,11-13H2,1-2H3,(H,22,24,27). The number of rotatable bonds is 8. The van der Waals surface area contributed by atoms with E-state index in [4.69, 9.17) is 14.0 Å². The summed E-state index contributed by atoms with van der Waals surface area (Å²) in [6.45, 7) is 1.03. The minimum Gasteiger partial charge on any atom is -0.497 e. The Balaban J connectivity index is 1.34. The van der Waals surface area contributed by atoms with Gasteiger partial charge in [0, 0.05) is 0 Å². The highest BCUT2D eigenvalue weighted by Crippen LogP contribution is 2.18. The quantitative estimate of drug-likeness (QED) is 0.475. The molecule has 0 aliphatic carbocycles. The van der Waals surface area contributed by atoms with Gasteiger partial charge in [0.25, 0.3) is 5.56 Å². The van der Waals surface area contributed by atoms with Crippen molar-refractivity contribution in [2.24, 2.45) is 0 Å². The Morgan fingerprint density at radius 2 is 1.80 bits per heavy atom. The van der Waals surface area contributed by atoms with Gasteiger partial charge in [-0.1, -0.05) is 17.3 Å². The highest BCUT2D eigenvalue weighted by Gasteiger charge is 2.12. The second-order valence-electron chi connectivity index (χ2n) is 6.77. The number of hydrogen-bond donors (Lipinski definition) is 1. The lowest BCUT2D eigenvalue weighted by Gasteiger charge is -2.13. The number of methoxy groups -OCH3 is 1. The fourth-order valence-corrected chi connectivity index (χ4v) is 2.99. The van der Waals surface area contributed by atoms with Crippen LogP contribution in [0.25, 0.3) is 10.9 Å². The molecule has 0 bridgehead atoms. The van der Waals surface area contributed by atoms with Crippen LogP contribution in [-0.2, 0) is 19.7 Å². The van der Waals surface area contributed by atoms with Crippen LogP contribution in [0.3, 0.4) is 0 Å². The number of nitrogens with one attached hydrogen (secondary N) is 1. The molecule has 0 aliphatic heterocycles. The van der Waals surface area contributed by atoms with Gasteiger partial charge in [-0.05, 0) is 43.4 Å². The smallest absolute Gasteiger partial charge is 0.258 e. The first-order valence-corrected chi connectivity index (χ1v) is 9.35. The molecule has 0 amide bonds. The van der Waals surface area contributed by atoms with Crippen molar-refractivity contribution in [3.05, 3.63) is 76.4 Å². The molecule has 9 nitrogen and oxygen atoms in total. The number of aromatic nitrogens is 4. The van der Waals surface area contributed by atoms with E-state index in [-0.39, 0.29) is 12.2 Å². The van der Waals surface area contributed by atoms with Crippen LogP contribution in [0.1, 0.15) is 17.5 Å². The Kier molecular flexibility index (Phi) is 5.71. The molecule has 0 saturated heterocycles. The summed E-state index contributed by atoms with van der Waals surface area (Å²) >= 11 is 0. The summed E-state index contributed by atoms with van der Waals surface area (Å²) in [5, 5.41) is 4.52. The Morgan fingerprint density at radius 3 is 2.60 bits per heavy atom. The van der Waals surface area contributed by atoms with Gasteiger partial charge in [0.05, 0.1) is 31.1 Å². The Labute approximate surface area is 172 Å². The van der Waals surface area contributed by atoms with Gasteiger partial charge in [-0.3, -0.25) is 9.69 Å². The van der Waals surface area contributed by atoms with E-state index in [1.165, 1.54) is 0 Å². The monoisotopic (exact) mass is 407 g/mol. The van der Waals surface area contributed by atoms with Gasteiger partial charge in [-0.2, -0.15) is 4.98 Å². The molecule has 2 aromatic heterocycles. The summed E-state index contributed by atoms with van der Waals surface area (Å²) < 4.78 is 16.1. The van der Waals surface area contributed by atoms with Crippen molar-refractivity contribution in [2.75, 3.05) is 14.2 Å². The van der Waals surface area contributed by atoms with E-state index in [0.717, 1.165) is 5.75 Å². The van der Waals surface area contributed by atoms with Crippen LogP contribution in [0.4, 0.5) is 0 Å². The number of benzene rings is 2. The Hall–Kier alpha value is -3.72. The lowest BCUT2D eigenvalue weighted by molar-refractivity contribution is 0.252. The third-order valence-electron chi connectivity index (χ3n) is 4.42. The average molecular weight is 407 g/mol. The van der Waals surface area contributed by atoms with Crippen LogP contribution in [0.2, 0.25) is 0 Å². The first-order chi connectivity index (χ1) is 14.6. The predicted molar refractivity (Wildman–Crippen MR) is 109 cm³/mol. The molecule has 1 N–H and O–H groups in total. The van der Waals surface area contributed by atoms with Crippen molar-refractivity contribution in [3.8, 4) is 11.5 Å². The zero-order valence-electron chi connectivity index (χ0n) is 16.7. The van der Waals surface area contributed by atoms with Crippen LogP contribution in [-0.4, -0.2) is 39.2 Å². The summed E-state index contributed by atoms with van der Waals surface area (Å²) in [5.41, 5.74) is 0.514. The summed E-state index contributed by atoms with van der Waals surface area (Å²) in [6.07, 6.45) is 0. The molecule has 2 heterocycles. The van der Waals surface area contributed by atoms with E-state index < -0.39 is 0 Å². The molecule has 0 fully saturated rings. The van der Waals surface area contributed by atoms with Crippen LogP contribution < -0.4 is 15.0 Å². The lowest BCUT2D eigenvalue weighted by Crippen LogP contribution is -2.22. The summed E-state index contributed by atoms with van der Waals surface area (Å²) in [5.74, 6) is 2.92. The van der Waals surface area contributed by atoms with E-state index >= 15 is 0 Å². The van der Waals surface area contributed by atoms with Crippen molar-refractivity contribution in [3.63, 3.8) is 0 Å². The van der Waals surface area contributed by atoms with Gasteiger partial charge < -0.3 is 19.0 Å². The van der Waals surface area contributed by atoms with Gasteiger partial charge in [-0.25, -0.2) is 4.98 Å². The van der Waals surface area contributed by atoms with E-state index in [9.17, 15) is 4.79 Å². The molecule has 0 unspecified atom stereocenters. The van der Waals surface area contributed by atoms with Crippen molar-refractivity contribution in [2.45, 2.75) is 19.7 Å². The number of ether oxygens (including phenoxy) is 2. The zero-order chi connectivity index (χ0) is 20.9. The molecule has 0 aliphatic rings. The Morgan fingerprint density at radius 1 is 1.03 bits per heavy atom. The maximum Gasteiger partial charge on any atom is 0.258 e. The molecule has 4 rings (SSSR count). The number of hydrogen-bond acceptors (Lipinski definition) is 8. The molecular weight excluding hydrogens is 386 g/mol. The molecular formula is C21H21N5O4.